The van der Waals surface area contributed by atoms with Crippen LogP contribution in [0.1, 0.15) is 13.3 Å². The van der Waals surface area contributed by atoms with Crippen molar-refractivity contribution in [2.75, 3.05) is 32.8 Å². The lowest BCUT2D eigenvalue weighted by Gasteiger charge is -2.26. The van der Waals surface area contributed by atoms with Crippen molar-refractivity contribution in [3.63, 3.8) is 0 Å². The molecule has 1 aliphatic heterocycles. The lowest BCUT2D eigenvalue weighted by Crippen LogP contribution is -2.42. The Morgan fingerprint density at radius 1 is 1.60 bits per heavy atom. The molecule has 1 fully saturated rings. The van der Waals surface area contributed by atoms with Gasteiger partial charge in [0.25, 0.3) is 0 Å². The molecule has 1 aliphatic rings. The number of nitrogens with zero attached hydrogens (tertiary/aromatic N) is 2. The first-order valence-corrected chi connectivity index (χ1v) is 5.22. The number of amides is 1. The number of hydrogen-bond acceptors (Lipinski definition) is 4. The summed E-state index contributed by atoms with van der Waals surface area (Å²) in [6.45, 7) is 4.98. The van der Waals surface area contributed by atoms with Crippen molar-refractivity contribution >= 4 is 5.91 Å². The molecule has 1 rings (SSSR count). The van der Waals surface area contributed by atoms with Gasteiger partial charge in [-0.2, -0.15) is 5.26 Å². The van der Waals surface area contributed by atoms with E-state index in [1.165, 1.54) is 0 Å². The topological polar surface area (TPSA) is 65.4 Å². The highest BCUT2D eigenvalue weighted by Crippen LogP contribution is 1.99. The Hall–Kier alpha value is -1.12. The van der Waals surface area contributed by atoms with Crippen molar-refractivity contribution in [1.82, 2.24) is 10.2 Å². The smallest absolute Gasteiger partial charge is 0.224 e. The van der Waals surface area contributed by atoms with Crippen LogP contribution in [0.4, 0.5) is 0 Å². The maximum absolute atomic E-state index is 11.6. The normalized spacial score (nSPS) is 18.3. The van der Waals surface area contributed by atoms with E-state index in [4.69, 9.17) is 10.00 Å². The SMILES string of the molecule is CC(C#N)NCCC(=O)N1CCOCC1. The van der Waals surface area contributed by atoms with Gasteiger partial charge >= 0.3 is 0 Å². The van der Waals surface area contributed by atoms with Crippen LogP contribution in [-0.4, -0.2) is 49.7 Å². The molecule has 1 unspecified atom stereocenters. The molecule has 84 valence electrons. The minimum atomic E-state index is -0.192. The van der Waals surface area contributed by atoms with Gasteiger partial charge in [0, 0.05) is 26.1 Å². The molecule has 0 spiro atoms. The number of hydrogen-bond donors (Lipinski definition) is 1. The Bertz CT molecular complexity index is 244. The largest absolute Gasteiger partial charge is 0.378 e. The van der Waals surface area contributed by atoms with Gasteiger partial charge in [-0.05, 0) is 6.92 Å². The number of carbonyl (C=O) groups excluding carboxylic acids is 1. The lowest BCUT2D eigenvalue weighted by molar-refractivity contribution is -0.135. The van der Waals surface area contributed by atoms with Crippen molar-refractivity contribution < 1.29 is 9.53 Å². The van der Waals surface area contributed by atoms with Crippen molar-refractivity contribution in [3.8, 4) is 6.07 Å². The molecular weight excluding hydrogens is 194 g/mol. The summed E-state index contributed by atoms with van der Waals surface area (Å²) in [6, 6.07) is 1.87. The van der Waals surface area contributed by atoms with Crippen LogP contribution in [0.25, 0.3) is 0 Å². The summed E-state index contributed by atoms with van der Waals surface area (Å²) >= 11 is 0. The Kier molecular flexibility index (Phi) is 5.08. The molecule has 0 aromatic carbocycles. The number of nitriles is 1. The van der Waals surface area contributed by atoms with E-state index < -0.39 is 0 Å². The maximum Gasteiger partial charge on any atom is 0.224 e. The van der Waals surface area contributed by atoms with Crippen molar-refractivity contribution in [3.05, 3.63) is 0 Å². The summed E-state index contributed by atoms with van der Waals surface area (Å²) < 4.78 is 5.16. The standard InChI is InChI=1S/C10H17N3O2/c1-9(8-11)12-3-2-10(14)13-4-6-15-7-5-13/h9,12H,2-7H2,1H3. The van der Waals surface area contributed by atoms with E-state index in [1.54, 1.807) is 6.92 Å². The van der Waals surface area contributed by atoms with Crippen LogP contribution in [0.15, 0.2) is 0 Å². The molecule has 0 aliphatic carbocycles. The van der Waals surface area contributed by atoms with E-state index in [2.05, 4.69) is 11.4 Å². The molecule has 0 bridgehead atoms. The number of carbonyl (C=O) groups is 1. The summed E-state index contributed by atoms with van der Waals surface area (Å²) in [5.74, 6) is 0.135. The molecule has 1 atom stereocenters. The van der Waals surface area contributed by atoms with E-state index in [0.29, 0.717) is 39.3 Å². The first kappa shape index (κ1) is 12.0. The molecule has 5 heteroatoms. The van der Waals surface area contributed by atoms with Crippen LogP contribution in [0.3, 0.4) is 0 Å². The number of ether oxygens (including phenoxy) is 1. The average Bonchev–Trinajstić information content (AvgIpc) is 2.29. The second kappa shape index (κ2) is 6.38. The molecule has 15 heavy (non-hydrogen) atoms. The predicted octanol–water partition coefficient (Wildman–Crippen LogP) is -0.263. The molecule has 1 saturated heterocycles. The zero-order valence-electron chi connectivity index (χ0n) is 9.03. The van der Waals surface area contributed by atoms with Gasteiger partial charge in [0.2, 0.25) is 5.91 Å². The Morgan fingerprint density at radius 2 is 2.27 bits per heavy atom. The van der Waals surface area contributed by atoms with E-state index in [1.807, 2.05) is 4.90 Å². The highest BCUT2D eigenvalue weighted by molar-refractivity contribution is 5.76. The highest BCUT2D eigenvalue weighted by Gasteiger charge is 2.16. The fourth-order valence-electron chi connectivity index (χ4n) is 1.41. The molecule has 0 radical (unpaired) electrons. The molecular formula is C10H17N3O2. The monoisotopic (exact) mass is 211 g/mol. The van der Waals surface area contributed by atoms with Gasteiger partial charge in [0.05, 0.1) is 25.3 Å². The van der Waals surface area contributed by atoms with E-state index in [-0.39, 0.29) is 11.9 Å². The minimum Gasteiger partial charge on any atom is -0.378 e. The number of nitrogens with one attached hydrogen (secondary N) is 1. The van der Waals surface area contributed by atoms with Crippen LogP contribution in [0.5, 0.6) is 0 Å². The molecule has 0 aromatic rings. The zero-order chi connectivity index (χ0) is 11.1. The van der Waals surface area contributed by atoms with Crippen molar-refractivity contribution in [2.45, 2.75) is 19.4 Å². The summed E-state index contributed by atoms with van der Waals surface area (Å²) in [7, 11) is 0. The summed E-state index contributed by atoms with van der Waals surface area (Å²) in [5, 5.41) is 11.5. The van der Waals surface area contributed by atoms with Crippen LogP contribution in [0, 0.1) is 11.3 Å². The van der Waals surface area contributed by atoms with Crippen molar-refractivity contribution in [1.29, 1.82) is 5.26 Å². The van der Waals surface area contributed by atoms with E-state index in [0.717, 1.165) is 0 Å². The van der Waals surface area contributed by atoms with Crippen LogP contribution in [-0.2, 0) is 9.53 Å². The molecule has 1 heterocycles. The molecule has 1 N–H and O–H groups in total. The minimum absolute atomic E-state index is 0.135. The zero-order valence-corrected chi connectivity index (χ0v) is 9.03. The van der Waals surface area contributed by atoms with E-state index >= 15 is 0 Å². The molecule has 5 nitrogen and oxygen atoms in total. The van der Waals surface area contributed by atoms with Gasteiger partial charge in [0.15, 0.2) is 0 Å². The molecule has 0 aromatic heterocycles. The summed E-state index contributed by atoms with van der Waals surface area (Å²) in [4.78, 5) is 13.4. The fraction of sp³-hybridized carbons (Fsp3) is 0.800. The van der Waals surface area contributed by atoms with Crippen LogP contribution in [0.2, 0.25) is 0 Å². The van der Waals surface area contributed by atoms with Gasteiger partial charge in [0.1, 0.15) is 0 Å². The highest BCUT2D eigenvalue weighted by atomic mass is 16.5. The number of morpholine rings is 1. The first-order chi connectivity index (χ1) is 7.24. The van der Waals surface area contributed by atoms with Gasteiger partial charge < -0.3 is 15.0 Å². The second-order valence-corrected chi connectivity index (χ2v) is 3.55. The third-order valence-corrected chi connectivity index (χ3v) is 2.35. The van der Waals surface area contributed by atoms with Gasteiger partial charge in [-0.15, -0.1) is 0 Å². The Labute approximate surface area is 90.0 Å². The van der Waals surface area contributed by atoms with Gasteiger partial charge in [-0.3, -0.25) is 4.79 Å². The second-order valence-electron chi connectivity index (χ2n) is 3.55. The van der Waals surface area contributed by atoms with E-state index in [9.17, 15) is 4.79 Å². The first-order valence-electron chi connectivity index (χ1n) is 5.22. The van der Waals surface area contributed by atoms with Crippen LogP contribution < -0.4 is 5.32 Å². The summed E-state index contributed by atoms with van der Waals surface area (Å²) in [6.07, 6.45) is 0.450. The third-order valence-electron chi connectivity index (χ3n) is 2.35. The van der Waals surface area contributed by atoms with Gasteiger partial charge in [-0.25, -0.2) is 0 Å². The predicted molar refractivity (Wildman–Crippen MR) is 55.1 cm³/mol. The third kappa shape index (κ3) is 4.28. The fourth-order valence-corrected chi connectivity index (χ4v) is 1.41. The van der Waals surface area contributed by atoms with Gasteiger partial charge in [-0.1, -0.05) is 0 Å². The molecule has 0 saturated carbocycles. The van der Waals surface area contributed by atoms with Crippen molar-refractivity contribution in [2.24, 2.45) is 0 Å². The Morgan fingerprint density at radius 3 is 2.87 bits per heavy atom. The lowest BCUT2D eigenvalue weighted by atomic mass is 10.3. The summed E-state index contributed by atoms with van der Waals surface area (Å²) in [5.41, 5.74) is 0. The average molecular weight is 211 g/mol. The quantitative estimate of drug-likeness (QED) is 0.695. The Balaban J connectivity index is 2.15. The molecule has 1 amide bonds. The number of rotatable bonds is 4. The maximum atomic E-state index is 11.6. The van der Waals surface area contributed by atoms with Crippen LogP contribution >= 0.6 is 0 Å².